The third-order valence-electron chi connectivity index (χ3n) is 10.5. The van der Waals surface area contributed by atoms with Crippen molar-refractivity contribution in [1.82, 2.24) is 9.97 Å². The Balaban J connectivity index is 0.000000251. The van der Waals surface area contributed by atoms with Crippen molar-refractivity contribution in [2.75, 3.05) is 0 Å². The molecule has 4 aromatic carbocycles. The molecule has 6 aromatic rings. The Morgan fingerprint density at radius 3 is 2.04 bits per heavy atom. The Labute approximate surface area is 298 Å². The van der Waals surface area contributed by atoms with Gasteiger partial charge in [-0.15, -0.1) is 23.3 Å². The van der Waals surface area contributed by atoms with Crippen LogP contribution < -0.4 is 0 Å². The summed E-state index contributed by atoms with van der Waals surface area (Å²) in [5.41, 5.74) is 4.82. The molecule has 0 saturated heterocycles. The number of carbonyl (C=O) groups excluding carboxylic acids is 1. The normalized spacial score (nSPS) is 12.4. The molecular formula is C42H47IrN2O3-. The van der Waals surface area contributed by atoms with Gasteiger partial charge in [-0.3, -0.25) is 9.78 Å². The molecule has 6 heteroatoms. The van der Waals surface area contributed by atoms with E-state index < -0.39 is 0 Å². The molecule has 0 atom stereocenters. The predicted molar refractivity (Wildman–Crippen MR) is 196 cm³/mol. The smallest absolute Gasteiger partial charge is 0.164 e. The number of aliphatic hydroxyl groups is 1. The van der Waals surface area contributed by atoms with E-state index in [0.29, 0.717) is 11.5 Å². The number of fused-ring (bicyclic) bond motifs is 6. The predicted octanol–water partition coefficient (Wildman–Crippen LogP) is 11.9. The number of hydrogen-bond acceptors (Lipinski definition) is 5. The Morgan fingerprint density at radius 2 is 1.42 bits per heavy atom. The van der Waals surface area contributed by atoms with Crippen LogP contribution in [0.15, 0.2) is 89.3 Å². The van der Waals surface area contributed by atoms with E-state index in [1.807, 2.05) is 53.7 Å². The third-order valence-corrected chi connectivity index (χ3v) is 10.5. The molecule has 0 aliphatic rings. The molecule has 1 radical (unpaired) electrons. The van der Waals surface area contributed by atoms with Gasteiger partial charge in [0, 0.05) is 53.5 Å². The van der Waals surface area contributed by atoms with Gasteiger partial charge in [-0.05, 0) is 37.1 Å². The molecule has 0 spiro atoms. The fraction of sp³-hybridized carbons (Fsp3) is 0.357. The van der Waals surface area contributed by atoms with Crippen molar-refractivity contribution in [3.8, 4) is 11.3 Å². The van der Waals surface area contributed by atoms with E-state index in [1.165, 1.54) is 17.0 Å². The number of aliphatic hydroxyl groups excluding tert-OH is 1. The maximum absolute atomic E-state index is 12.2. The summed E-state index contributed by atoms with van der Waals surface area (Å²) in [7, 11) is 0. The molecule has 0 saturated carbocycles. The SMILES string of the molecule is CC(C)c1c[c-]c(-c2ncnc3c2oc2c4ccccc4ccc32)c2ccccc12.CCC(C)(CC)C(=O)/C=C(\O)C(C)(CC)CC.[Ir]. The summed E-state index contributed by atoms with van der Waals surface area (Å²) in [6.07, 6.45) is 6.38. The van der Waals surface area contributed by atoms with Gasteiger partial charge in [0.2, 0.25) is 0 Å². The zero-order valence-corrected chi connectivity index (χ0v) is 31.8. The second-order valence-corrected chi connectivity index (χ2v) is 13.4. The second kappa shape index (κ2) is 15.1. The number of aromatic nitrogens is 2. The molecule has 253 valence electrons. The van der Waals surface area contributed by atoms with Crippen LogP contribution in [0.1, 0.15) is 92.6 Å². The van der Waals surface area contributed by atoms with E-state index in [1.54, 1.807) is 6.33 Å². The van der Waals surface area contributed by atoms with Crippen molar-refractivity contribution >= 4 is 49.4 Å². The van der Waals surface area contributed by atoms with Gasteiger partial charge in [-0.1, -0.05) is 127 Å². The van der Waals surface area contributed by atoms with Crippen molar-refractivity contribution in [1.29, 1.82) is 0 Å². The minimum absolute atomic E-state index is 0. The summed E-state index contributed by atoms with van der Waals surface area (Å²) < 4.78 is 6.43. The number of benzene rings is 4. The fourth-order valence-corrected chi connectivity index (χ4v) is 6.10. The van der Waals surface area contributed by atoms with Gasteiger partial charge in [0.05, 0.1) is 0 Å². The van der Waals surface area contributed by atoms with Gasteiger partial charge in [-0.2, -0.15) is 0 Å². The number of allylic oxidation sites excluding steroid dienone is 2. The molecule has 2 heterocycles. The van der Waals surface area contributed by atoms with Gasteiger partial charge < -0.3 is 9.52 Å². The van der Waals surface area contributed by atoms with Crippen LogP contribution in [0.4, 0.5) is 0 Å². The third kappa shape index (κ3) is 6.84. The van der Waals surface area contributed by atoms with Gasteiger partial charge in [0.25, 0.3) is 0 Å². The van der Waals surface area contributed by atoms with Crippen LogP contribution in [0.5, 0.6) is 0 Å². The van der Waals surface area contributed by atoms with Crippen LogP contribution in [0.3, 0.4) is 0 Å². The number of furan rings is 1. The quantitative estimate of drug-likeness (QED) is 0.0893. The fourth-order valence-electron chi connectivity index (χ4n) is 6.10. The van der Waals surface area contributed by atoms with Gasteiger partial charge in [0.1, 0.15) is 28.8 Å². The van der Waals surface area contributed by atoms with Crippen molar-refractivity contribution in [2.45, 2.75) is 87.0 Å². The topological polar surface area (TPSA) is 76.2 Å². The summed E-state index contributed by atoms with van der Waals surface area (Å²) in [4.78, 5) is 21.4. The first kappa shape index (κ1) is 37.0. The standard InChI is InChI=1S/C27H19N2O.C15H28O2.Ir/c1-16(2)18-13-14-22(21-10-6-5-9-20(18)21)24-27-25(29-15-28-24)23-12-11-17-7-3-4-8-19(17)26(23)30-27;1-7-14(5,8-2)12(16)11-13(17)15(6,9-3)10-4;/h3-13,15-16H,1-2H3;11,16H,7-10H2,1-6H3;/q-1;;/b;12-11-;. The summed E-state index contributed by atoms with van der Waals surface area (Å²) in [6.45, 7) is 16.5. The zero-order valence-electron chi connectivity index (χ0n) is 29.4. The molecule has 5 nitrogen and oxygen atoms in total. The van der Waals surface area contributed by atoms with Crippen molar-refractivity contribution in [2.24, 2.45) is 10.8 Å². The summed E-state index contributed by atoms with van der Waals surface area (Å²) in [5, 5.41) is 15.7. The Bertz CT molecular complexity index is 2080. The van der Waals surface area contributed by atoms with E-state index >= 15 is 0 Å². The van der Waals surface area contributed by atoms with Crippen molar-refractivity contribution < 1.29 is 34.4 Å². The molecule has 1 N–H and O–H groups in total. The first-order valence-corrected chi connectivity index (χ1v) is 17.0. The van der Waals surface area contributed by atoms with E-state index in [2.05, 4.69) is 84.5 Å². The molecule has 0 unspecified atom stereocenters. The number of hydrogen-bond donors (Lipinski definition) is 1. The molecule has 0 aliphatic heterocycles. The molecule has 0 amide bonds. The molecule has 0 fully saturated rings. The van der Waals surface area contributed by atoms with E-state index in [4.69, 9.17) is 4.42 Å². The van der Waals surface area contributed by atoms with Crippen LogP contribution in [0.25, 0.3) is 54.9 Å². The summed E-state index contributed by atoms with van der Waals surface area (Å²) >= 11 is 0. The average molecular weight is 820 g/mol. The summed E-state index contributed by atoms with van der Waals surface area (Å²) in [5.74, 6) is 0.705. The molecule has 6 rings (SSSR count). The van der Waals surface area contributed by atoms with Crippen LogP contribution in [-0.4, -0.2) is 20.9 Å². The number of rotatable bonds is 9. The summed E-state index contributed by atoms with van der Waals surface area (Å²) in [6, 6.07) is 26.5. The molecule has 48 heavy (non-hydrogen) atoms. The number of nitrogens with zero attached hydrogens (tertiary/aromatic N) is 2. The average Bonchev–Trinajstić information content (AvgIpc) is 3.50. The van der Waals surface area contributed by atoms with Crippen molar-refractivity contribution in [3.05, 3.63) is 96.5 Å². The molecular weight excluding hydrogens is 773 g/mol. The Kier molecular flexibility index (Phi) is 11.7. The first-order valence-electron chi connectivity index (χ1n) is 17.0. The maximum Gasteiger partial charge on any atom is 0.164 e. The zero-order chi connectivity index (χ0) is 33.9. The molecule has 0 bridgehead atoms. The van der Waals surface area contributed by atoms with Gasteiger partial charge in [-0.25, -0.2) is 4.98 Å². The Morgan fingerprint density at radius 1 is 0.812 bits per heavy atom. The van der Waals surface area contributed by atoms with E-state index in [9.17, 15) is 9.90 Å². The minimum atomic E-state index is -0.337. The second-order valence-electron chi connectivity index (χ2n) is 13.4. The van der Waals surface area contributed by atoms with Gasteiger partial charge in [0.15, 0.2) is 5.78 Å². The Hall–Kier alpha value is -3.86. The maximum atomic E-state index is 12.2. The van der Waals surface area contributed by atoms with Crippen molar-refractivity contribution in [3.63, 3.8) is 0 Å². The molecule has 2 aromatic heterocycles. The van der Waals surface area contributed by atoms with Crippen LogP contribution in [0.2, 0.25) is 0 Å². The number of carbonyl (C=O) groups is 1. The number of ketones is 1. The van der Waals surface area contributed by atoms with Gasteiger partial charge >= 0.3 is 0 Å². The van der Waals surface area contributed by atoms with E-state index in [0.717, 1.165) is 69.6 Å². The van der Waals surface area contributed by atoms with Crippen LogP contribution in [0, 0.1) is 16.9 Å². The van der Waals surface area contributed by atoms with Crippen LogP contribution in [-0.2, 0) is 24.9 Å². The first-order chi connectivity index (χ1) is 22.5. The minimum Gasteiger partial charge on any atom is -0.512 e. The molecule has 0 aliphatic carbocycles. The monoisotopic (exact) mass is 820 g/mol. The van der Waals surface area contributed by atoms with Crippen LogP contribution >= 0.6 is 0 Å². The largest absolute Gasteiger partial charge is 0.512 e. The van der Waals surface area contributed by atoms with E-state index in [-0.39, 0.29) is 42.5 Å².